The first-order valence-corrected chi connectivity index (χ1v) is 11.7. The predicted octanol–water partition coefficient (Wildman–Crippen LogP) is 4.63. The smallest absolute Gasteiger partial charge is 0.224 e. The summed E-state index contributed by atoms with van der Waals surface area (Å²) in [6.45, 7) is 1.05. The second-order valence-corrected chi connectivity index (χ2v) is 8.57. The van der Waals surface area contributed by atoms with Gasteiger partial charge in [0, 0.05) is 43.4 Å². The lowest BCUT2D eigenvalue weighted by molar-refractivity contribution is -0.130. The summed E-state index contributed by atoms with van der Waals surface area (Å²) < 4.78 is 20.6. The zero-order chi connectivity index (χ0) is 24.8. The zero-order valence-electron chi connectivity index (χ0n) is 19.6. The van der Waals surface area contributed by atoms with Crippen LogP contribution in [0.4, 0.5) is 4.39 Å². The first-order chi connectivity index (χ1) is 16.9. The Bertz CT molecular complexity index is 1330. The fourth-order valence-electron chi connectivity index (χ4n) is 3.77. The van der Waals surface area contributed by atoms with Crippen molar-refractivity contribution in [3.8, 4) is 28.4 Å². The molecule has 0 saturated carbocycles. The first kappa shape index (κ1) is 24.3. The molecule has 0 fully saturated rings. The number of ether oxygens (including phenoxy) is 1. The second kappa shape index (κ2) is 11.1. The molecule has 0 aliphatic heterocycles. The summed E-state index contributed by atoms with van der Waals surface area (Å²) in [5, 5.41) is 14.5. The summed E-state index contributed by atoms with van der Waals surface area (Å²) in [4.78, 5) is 14.5. The molecular weight excluding hydrogens is 467 g/mol. The molecule has 0 aliphatic rings. The summed E-state index contributed by atoms with van der Waals surface area (Å²) in [5.41, 5.74) is 3.49. The Morgan fingerprint density at radius 3 is 2.51 bits per heavy atom. The van der Waals surface area contributed by atoms with E-state index in [9.17, 15) is 9.18 Å². The predicted molar refractivity (Wildman–Crippen MR) is 134 cm³/mol. The number of aromatic nitrogens is 5. The van der Waals surface area contributed by atoms with Crippen LogP contribution < -0.4 is 4.74 Å². The highest BCUT2D eigenvalue weighted by Gasteiger charge is 2.14. The maximum absolute atomic E-state index is 13.1. The molecule has 2 N–H and O–H groups in total. The van der Waals surface area contributed by atoms with E-state index in [1.165, 1.54) is 12.1 Å². The quantitative estimate of drug-likeness (QED) is 0.314. The van der Waals surface area contributed by atoms with Gasteiger partial charge in [0.05, 0.1) is 12.8 Å². The topological polar surface area (TPSA) is 91.8 Å². The Labute approximate surface area is 207 Å². The highest BCUT2D eigenvalue weighted by atomic mass is 32.1. The van der Waals surface area contributed by atoms with Crippen molar-refractivity contribution in [2.24, 2.45) is 0 Å². The molecule has 182 valence electrons. The van der Waals surface area contributed by atoms with E-state index < -0.39 is 0 Å². The lowest BCUT2D eigenvalue weighted by atomic mass is 10.1. The van der Waals surface area contributed by atoms with Crippen molar-refractivity contribution in [1.82, 2.24) is 29.9 Å². The summed E-state index contributed by atoms with van der Waals surface area (Å²) in [5.74, 6) is 1.20. The molecule has 8 nitrogen and oxygen atoms in total. The number of amides is 1. The Morgan fingerprint density at radius 2 is 1.80 bits per heavy atom. The van der Waals surface area contributed by atoms with Crippen LogP contribution in [-0.2, 0) is 17.8 Å². The van der Waals surface area contributed by atoms with E-state index in [4.69, 9.17) is 17.0 Å². The van der Waals surface area contributed by atoms with Gasteiger partial charge in [-0.15, -0.1) is 0 Å². The van der Waals surface area contributed by atoms with E-state index in [1.807, 2.05) is 34.9 Å². The van der Waals surface area contributed by atoms with Gasteiger partial charge >= 0.3 is 0 Å². The molecule has 2 aromatic carbocycles. The molecule has 10 heteroatoms. The van der Waals surface area contributed by atoms with Crippen molar-refractivity contribution >= 4 is 18.1 Å². The number of halogens is 1. The molecule has 2 heterocycles. The molecule has 0 aliphatic carbocycles. The number of nitrogens with zero attached hydrogens (tertiary/aromatic N) is 4. The Hall–Kier alpha value is -3.79. The minimum Gasteiger partial charge on any atom is -0.497 e. The molecule has 35 heavy (non-hydrogen) atoms. The molecule has 4 rings (SSSR count). The van der Waals surface area contributed by atoms with Crippen LogP contribution in [0.15, 0.2) is 54.6 Å². The number of carbonyl (C=O) groups excluding carboxylic acids is 1. The molecule has 0 bridgehead atoms. The van der Waals surface area contributed by atoms with Gasteiger partial charge in [0.15, 0.2) is 10.6 Å². The SMILES string of the molecule is COc1ccc(-c2n[nH]c(=S)n2CCC(=O)N(C)CCCc2cc(-c3ccc(F)cc3)n[nH]2)cc1. The third kappa shape index (κ3) is 6.02. The van der Waals surface area contributed by atoms with Gasteiger partial charge in [0.1, 0.15) is 11.6 Å². The third-order valence-electron chi connectivity index (χ3n) is 5.79. The molecule has 2 aromatic heterocycles. The van der Waals surface area contributed by atoms with Crippen molar-refractivity contribution in [3.05, 3.63) is 70.9 Å². The number of rotatable bonds is 10. The van der Waals surface area contributed by atoms with Crippen LogP contribution >= 0.6 is 12.2 Å². The summed E-state index contributed by atoms with van der Waals surface area (Å²) >= 11 is 5.37. The van der Waals surface area contributed by atoms with Crippen LogP contribution in [0.1, 0.15) is 18.5 Å². The first-order valence-electron chi connectivity index (χ1n) is 11.3. The minimum absolute atomic E-state index is 0.0328. The minimum atomic E-state index is -0.274. The largest absolute Gasteiger partial charge is 0.497 e. The van der Waals surface area contributed by atoms with Crippen LogP contribution in [0.5, 0.6) is 5.75 Å². The molecular formula is C25H27FN6O2S. The van der Waals surface area contributed by atoms with Gasteiger partial charge < -0.3 is 9.64 Å². The van der Waals surface area contributed by atoms with Crippen molar-refractivity contribution in [2.75, 3.05) is 20.7 Å². The number of H-pyrrole nitrogens is 2. The van der Waals surface area contributed by atoms with Crippen LogP contribution in [0.2, 0.25) is 0 Å². The number of aryl methyl sites for hydroxylation is 1. The van der Waals surface area contributed by atoms with E-state index in [1.54, 1.807) is 31.2 Å². The summed E-state index contributed by atoms with van der Waals surface area (Å²) in [6.07, 6.45) is 1.85. The highest BCUT2D eigenvalue weighted by Crippen LogP contribution is 2.21. The standard InChI is InChI=1S/C25H27FN6O2S/c1-31(14-3-4-20-16-22(28-27-20)17-5-9-19(26)10-6-17)23(33)13-15-32-24(29-30-25(32)35)18-7-11-21(34-2)12-8-18/h5-12,16H,3-4,13-15H2,1-2H3,(H,27,28)(H,30,35). The molecule has 0 unspecified atom stereocenters. The van der Waals surface area contributed by atoms with Crippen LogP contribution in [0.25, 0.3) is 22.6 Å². The highest BCUT2D eigenvalue weighted by molar-refractivity contribution is 7.71. The fraction of sp³-hybridized carbons (Fsp3) is 0.280. The maximum Gasteiger partial charge on any atom is 0.224 e. The lowest BCUT2D eigenvalue weighted by Crippen LogP contribution is -2.28. The number of methoxy groups -OCH3 is 1. The molecule has 0 atom stereocenters. The zero-order valence-corrected chi connectivity index (χ0v) is 20.4. The van der Waals surface area contributed by atoms with E-state index >= 15 is 0 Å². The lowest BCUT2D eigenvalue weighted by Gasteiger charge is -2.17. The van der Waals surface area contributed by atoms with Gasteiger partial charge in [-0.25, -0.2) is 4.39 Å². The fourth-order valence-corrected chi connectivity index (χ4v) is 4.00. The van der Waals surface area contributed by atoms with E-state index in [0.717, 1.165) is 41.1 Å². The monoisotopic (exact) mass is 494 g/mol. The van der Waals surface area contributed by atoms with Gasteiger partial charge in [-0.05, 0) is 79.7 Å². The molecule has 0 saturated heterocycles. The molecule has 0 radical (unpaired) electrons. The van der Waals surface area contributed by atoms with Gasteiger partial charge in [-0.2, -0.15) is 10.2 Å². The average molecular weight is 495 g/mol. The van der Waals surface area contributed by atoms with Crippen molar-refractivity contribution in [2.45, 2.75) is 25.8 Å². The van der Waals surface area contributed by atoms with Crippen LogP contribution in [0.3, 0.4) is 0 Å². The number of hydrogen-bond acceptors (Lipinski definition) is 5. The van der Waals surface area contributed by atoms with Gasteiger partial charge in [0.2, 0.25) is 5.91 Å². The number of aromatic amines is 2. The Morgan fingerprint density at radius 1 is 1.09 bits per heavy atom. The van der Waals surface area contributed by atoms with Crippen LogP contribution in [-0.4, -0.2) is 56.5 Å². The third-order valence-corrected chi connectivity index (χ3v) is 6.10. The van der Waals surface area contributed by atoms with Gasteiger partial charge in [-0.1, -0.05) is 0 Å². The Kier molecular flexibility index (Phi) is 7.71. The van der Waals surface area contributed by atoms with Crippen molar-refractivity contribution in [1.29, 1.82) is 0 Å². The van der Waals surface area contributed by atoms with Gasteiger partial charge in [0.25, 0.3) is 0 Å². The number of carbonyl (C=O) groups is 1. The number of hydrogen-bond donors (Lipinski definition) is 2. The van der Waals surface area contributed by atoms with Gasteiger partial charge in [-0.3, -0.25) is 19.6 Å². The number of nitrogens with one attached hydrogen (secondary N) is 2. The van der Waals surface area contributed by atoms with E-state index in [0.29, 0.717) is 30.1 Å². The van der Waals surface area contributed by atoms with E-state index in [2.05, 4.69) is 20.4 Å². The normalized spacial score (nSPS) is 10.9. The van der Waals surface area contributed by atoms with Crippen molar-refractivity contribution in [3.63, 3.8) is 0 Å². The Balaban J connectivity index is 1.28. The molecule has 0 spiro atoms. The molecule has 4 aromatic rings. The number of benzene rings is 2. The summed E-state index contributed by atoms with van der Waals surface area (Å²) in [7, 11) is 3.42. The van der Waals surface area contributed by atoms with Crippen LogP contribution in [0, 0.1) is 10.6 Å². The second-order valence-electron chi connectivity index (χ2n) is 8.19. The molecule has 1 amide bonds. The maximum atomic E-state index is 13.1. The van der Waals surface area contributed by atoms with E-state index in [-0.39, 0.29) is 11.7 Å². The summed E-state index contributed by atoms with van der Waals surface area (Å²) in [6, 6.07) is 15.7. The van der Waals surface area contributed by atoms with Crippen molar-refractivity contribution < 1.29 is 13.9 Å². The average Bonchev–Trinajstić information content (AvgIpc) is 3.49.